The van der Waals surface area contributed by atoms with Crippen molar-refractivity contribution in [1.82, 2.24) is 4.98 Å². The Labute approximate surface area is 142 Å². The van der Waals surface area contributed by atoms with Crippen molar-refractivity contribution >= 4 is 22.5 Å². The number of benzene rings is 1. The largest absolute Gasteiger partial charge is 0.389 e. The van der Waals surface area contributed by atoms with Gasteiger partial charge in [0, 0.05) is 22.2 Å². The Balaban J connectivity index is 2.15. The number of amides is 1. The van der Waals surface area contributed by atoms with Crippen LogP contribution in [0.5, 0.6) is 0 Å². The van der Waals surface area contributed by atoms with Crippen molar-refractivity contribution in [2.24, 2.45) is 0 Å². The Morgan fingerprint density at radius 2 is 1.88 bits per heavy atom. The highest BCUT2D eigenvalue weighted by atomic mass is 16.3. The normalized spacial score (nSPS) is 11.7. The van der Waals surface area contributed by atoms with Gasteiger partial charge < -0.3 is 15.4 Å². The molecule has 5 nitrogen and oxygen atoms in total. The smallest absolute Gasteiger partial charge is 0.251 e. The van der Waals surface area contributed by atoms with E-state index in [0.29, 0.717) is 24.1 Å². The molecule has 0 unspecified atom stereocenters. The second-order valence-electron chi connectivity index (χ2n) is 6.53. The zero-order chi connectivity index (χ0) is 17.7. The fourth-order valence-corrected chi connectivity index (χ4v) is 3.13. The zero-order valence-corrected chi connectivity index (χ0v) is 14.6. The molecule has 5 heteroatoms. The first-order chi connectivity index (χ1) is 11.4. The van der Waals surface area contributed by atoms with Gasteiger partial charge in [-0.05, 0) is 44.0 Å². The summed E-state index contributed by atoms with van der Waals surface area (Å²) in [5.74, 6) is -0.195. The number of rotatable bonds is 7. The molecule has 0 radical (unpaired) electrons. The van der Waals surface area contributed by atoms with Crippen molar-refractivity contribution < 1.29 is 9.90 Å². The molecule has 0 bridgehead atoms. The first-order valence-electron chi connectivity index (χ1n) is 8.53. The predicted octanol–water partition coefficient (Wildman–Crippen LogP) is 3.50. The number of aromatic nitrogens is 1. The van der Waals surface area contributed by atoms with E-state index in [1.54, 1.807) is 25.1 Å². The molecule has 0 fully saturated rings. The number of aromatic amines is 1. The topological polar surface area (TPSA) is 82.2 Å². The van der Waals surface area contributed by atoms with E-state index in [0.717, 1.165) is 23.7 Å². The third kappa shape index (κ3) is 4.45. The number of hydrogen-bond donors (Lipinski definition) is 3. The van der Waals surface area contributed by atoms with E-state index >= 15 is 0 Å². The first-order valence-corrected chi connectivity index (χ1v) is 8.53. The molecule has 0 aliphatic rings. The summed E-state index contributed by atoms with van der Waals surface area (Å²) in [5.41, 5.74) is 0.979. The van der Waals surface area contributed by atoms with Gasteiger partial charge in [-0.15, -0.1) is 0 Å². The lowest BCUT2D eigenvalue weighted by atomic mass is 9.89. The summed E-state index contributed by atoms with van der Waals surface area (Å²) in [6.45, 7) is 5.76. The number of aryl methyl sites for hydroxylation is 1. The van der Waals surface area contributed by atoms with Crippen LogP contribution in [0.15, 0.2) is 29.1 Å². The summed E-state index contributed by atoms with van der Waals surface area (Å²) in [6, 6.07) is 7.16. The Bertz CT molecular complexity index is 774. The van der Waals surface area contributed by atoms with E-state index < -0.39 is 5.60 Å². The van der Waals surface area contributed by atoms with E-state index in [1.165, 1.54) is 0 Å². The summed E-state index contributed by atoms with van der Waals surface area (Å²) >= 11 is 0. The molecule has 24 heavy (non-hydrogen) atoms. The fourth-order valence-electron chi connectivity index (χ4n) is 3.13. The number of fused-ring (bicyclic) bond motifs is 1. The third-order valence-electron chi connectivity index (χ3n) is 4.23. The Morgan fingerprint density at radius 3 is 2.50 bits per heavy atom. The number of H-pyrrole nitrogens is 1. The number of anilines is 1. The van der Waals surface area contributed by atoms with Crippen molar-refractivity contribution in [2.45, 2.75) is 58.5 Å². The monoisotopic (exact) mass is 330 g/mol. The molecule has 0 aliphatic heterocycles. The second kappa shape index (κ2) is 7.62. The van der Waals surface area contributed by atoms with Gasteiger partial charge in [-0.1, -0.05) is 26.7 Å². The lowest BCUT2D eigenvalue weighted by molar-refractivity contribution is -0.121. The lowest BCUT2D eigenvalue weighted by Crippen LogP contribution is -2.33. The highest BCUT2D eigenvalue weighted by Crippen LogP contribution is 2.25. The van der Waals surface area contributed by atoms with Crippen molar-refractivity contribution in [2.75, 3.05) is 5.32 Å². The SMILES string of the molecule is CCCC(O)(CCC)CC(=O)Nc1ccc2[nH]c(=O)c(C)cc2c1. The molecule has 0 atom stereocenters. The van der Waals surface area contributed by atoms with Gasteiger partial charge in [-0.3, -0.25) is 9.59 Å². The van der Waals surface area contributed by atoms with Gasteiger partial charge in [0.05, 0.1) is 12.0 Å². The number of hydrogen-bond acceptors (Lipinski definition) is 3. The van der Waals surface area contributed by atoms with Crippen LogP contribution in [0.1, 0.15) is 51.5 Å². The van der Waals surface area contributed by atoms with Crippen molar-refractivity contribution in [3.8, 4) is 0 Å². The predicted molar refractivity (Wildman–Crippen MR) is 97.3 cm³/mol. The average molecular weight is 330 g/mol. The summed E-state index contributed by atoms with van der Waals surface area (Å²) in [7, 11) is 0. The zero-order valence-electron chi connectivity index (χ0n) is 14.6. The number of aliphatic hydroxyl groups is 1. The maximum Gasteiger partial charge on any atom is 0.251 e. The van der Waals surface area contributed by atoms with E-state index in [2.05, 4.69) is 10.3 Å². The van der Waals surface area contributed by atoms with Gasteiger partial charge in [0.25, 0.3) is 5.56 Å². The summed E-state index contributed by atoms with van der Waals surface area (Å²) in [6.07, 6.45) is 3.01. The maximum absolute atomic E-state index is 12.3. The molecule has 0 aliphatic carbocycles. The fraction of sp³-hybridized carbons (Fsp3) is 0.474. The molecule has 1 heterocycles. The summed E-state index contributed by atoms with van der Waals surface area (Å²) in [5, 5.41) is 14.3. The minimum absolute atomic E-state index is 0.0946. The third-order valence-corrected chi connectivity index (χ3v) is 4.23. The number of nitrogens with one attached hydrogen (secondary N) is 2. The molecule has 3 N–H and O–H groups in total. The van der Waals surface area contributed by atoms with Gasteiger partial charge in [0.15, 0.2) is 0 Å². The van der Waals surface area contributed by atoms with Crippen LogP contribution in [0.4, 0.5) is 5.69 Å². The first kappa shape index (κ1) is 18.2. The van der Waals surface area contributed by atoms with E-state index in [1.807, 2.05) is 19.9 Å². The second-order valence-corrected chi connectivity index (χ2v) is 6.53. The van der Waals surface area contributed by atoms with Gasteiger partial charge in [0.2, 0.25) is 5.91 Å². The molecule has 0 saturated heterocycles. The number of carbonyl (C=O) groups is 1. The Kier molecular flexibility index (Phi) is 5.78. The number of carbonyl (C=O) groups excluding carboxylic acids is 1. The number of pyridine rings is 1. The summed E-state index contributed by atoms with van der Waals surface area (Å²) < 4.78 is 0. The standard InChI is InChI=1S/C19H26N2O3/c1-4-8-19(24,9-5-2)12-17(22)20-15-6-7-16-14(11-15)10-13(3)18(23)21-16/h6-7,10-11,24H,4-5,8-9,12H2,1-3H3,(H,20,22)(H,21,23). The molecular formula is C19H26N2O3. The van der Waals surface area contributed by atoms with Crippen LogP contribution in [-0.4, -0.2) is 21.6 Å². The van der Waals surface area contributed by atoms with Crippen LogP contribution < -0.4 is 10.9 Å². The molecule has 130 valence electrons. The van der Waals surface area contributed by atoms with E-state index in [4.69, 9.17) is 0 Å². The van der Waals surface area contributed by atoms with Crippen LogP contribution in [0.3, 0.4) is 0 Å². The average Bonchev–Trinajstić information content (AvgIpc) is 2.48. The maximum atomic E-state index is 12.3. The van der Waals surface area contributed by atoms with Crippen molar-refractivity contribution in [3.63, 3.8) is 0 Å². The summed E-state index contributed by atoms with van der Waals surface area (Å²) in [4.78, 5) is 26.7. The molecular weight excluding hydrogens is 304 g/mol. The van der Waals surface area contributed by atoms with Crippen molar-refractivity contribution in [3.05, 3.63) is 40.2 Å². The highest BCUT2D eigenvalue weighted by Gasteiger charge is 2.28. The van der Waals surface area contributed by atoms with Crippen LogP contribution in [0, 0.1) is 6.92 Å². The van der Waals surface area contributed by atoms with Gasteiger partial charge in [0.1, 0.15) is 0 Å². The molecule has 0 saturated carbocycles. The van der Waals surface area contributed by atoms with Crippen LogP contribution in [-0.2, 0) is 4.79 Å². The van der Waals surface area contributed by atoms with Crippen LogP contribution in [0.2, 0.25) is 0 Å². The van der Waals surface area contributed by atoms with Gasteiger partial charge in [-0.2, -0.15) is 0 Å². The Hall–Kier alpha value is -2.14. The van der Waals surface area contributed by atoms with Crippen LogP contribution in [0.25, 0.3) is 10.9 Å². The minimum atomic E-state index is -0.938. The highest BCUT2D eigenvalue weighted by molar-refractivity contribution is 5.94. The van der Waals surface area contributed by atoms with Crippen molar-refractivity contribution in [1.29, 1.82) is 0 Å². The Morgan fingerprint density at radius 1 is 1.21 bits per heavy atom. The van der Waals surface area contributed by atoms with Gasteiger partial charge in [-0.25, -0.2) is 0 Å². The van der Waals surface area contributed by atoms with E-state index in [9.17, 15) is 14.7 Å². The van der Waals surface area contributed by atoms with Gasteiger partial charge >= 0.3 is 0 Å². The molecule has 2 aromatic rings. The minimum Gasteiger partial charge on any atom is -0.389 e. The molecule has 1 amide bonds. The molecule has 1 aromatic heterocycles. The molecule has 2 rings (SSSR count). The molecule has 1 aromatic carbocycles. The quantitative estimate of drug-likeness (QED) is 0.726. The lowest BCUT2D eigenvalue weighted by Gasteiger charge is -2.26. The van der Waals surface area contributed by atoms with E-state index in [-0.39, 0.29) is 17.9 Å². The van der Waals surface area contributed by atoms with Crippen LogP contribution >= 0.6 is 0 Å². The molecule has 0 spiro atoms.